The molecule has 0 unspecified atom stereocenters. The van der Waals surface area contributed by atoms with E-state index in [-0.39, 0.29) is 23.4 Å². The van der Waals surface area contributed by atoms with Crippen molar-refractivity contribution in [1.82, 2.24) is 24.2 Å². The Bertz CT molecular complexity index is 1030. The van der Waals surface area contributed by atoms with Gasteiger partial charge >= 0.3 is 10.3 Å². The lowest BCUT2D eigenvalue weighted by molar-refractivity contribution is -0.119. The number of carbonyl (C=O) groups is 1. The lowest BCUT2D eigenvalue weighted by Gasteiger charge is -2.16. The minimum atomic E-state index is -4.40. The standard InChI is InChI=1S/C18H28N6O7S/c1-2-3-4-5-6-7-12(25)23-32(28,29)30-8-11-14(26)15(27)18(31-11)24-10-22-13-16(19)20-9-21-17(13)24/h9-11,14-15,18,26-27H,2-8H2,1H3,(H,23,25)(H2,19,20,21)/t11-,14-,15-,18-/m1/s1. The summed E-state index contributed by atoms with van der Waals surface area (Å²) in [5.74, 6) is -0.539. The average molecular weight is 473 g/mol. The molecule has 3 rings (SSSR count). The number of hydrogen-bond donors (Lipinski definition) is 4. The second-order valence-corrected chi connectivity index (χ2v) is 8.91. The Labute approximate surface area is 185 Å². The molecule has 0 saturated carbocycles. The van der Waals surface area contributed by atoms with Gasteiger partial charge in [-0.05, 0) is 6.42 Å². The van der Waals surface area contributed by atoms with Crippen LogP contribution in [0.4, 0.5) is 5.82 Å². The van der Waals surface area contributed by atoms with Crippen LogP contribution in [-0.2, 0) is 24.0 Å². The number of fused-ring (bicyclic) bond motifs is 1. The zero-order chi connectivity index (χ0) is 23.3. The Morgan fingerprint density at radius 3 is 2.72 bits per heavy atom. The molecule has 3 heterocycles. The van der Waals surface area contributed by atoms with Crippen LogP contribution >= 0.6 is 0 Å². The van der Waals surface area contributed by atoms with Crippen molar-refractivity contribution in [3.8, 4) is 0 Å². The molecule has 2 aromatic heterocycles. The summed E-state index contributed by atoms with van der Waals surface area (Å²) in [5, 5.41) is 20.7. The number of nitrogens with zero attached hydrogens (tertiary/aromatic N) is 4. The zero-order valence-corrected chi connectivity index (χ0v) is 18.4. The third-order valence-corrected chi connectivity index (χ3v) is 6.06. The van der Waals surface area contributed by atoms with Gasteiger partial charge < -0.3 is 20.7 Å². The molecule has 14 heteroatoms. The monoisotopic (exact) mass is 472 g/mol. The fraction of sp³-hybridized carbons (Fsp3) is 0.667. The molecule has 13 nitrogen and oxygen atoms in total. The van der Waals surface area contributed by atoms with E-state index in [1.165, 1.54) is 17.2 Å². The van der Waals surface area contributed by atoms with Crippen molar-refractivity contribution in [1.29, 1.82) is 0 Å². The molecular weight excluding hydrogens is 444 g/mol. The minimum Gasteiger partial charge on any atom is -0.387 e. The van der Waals surface area contributed by atoms with Crippen molar-refractivity contribution in [2.75, 3.05) is 12.3 Å². The van der Waals surface area contributed by atoms with Crippen LogP contribution in [0.2, 0.25) is 0 Å². The largest absolute Gasteiger partial charge is 0.387 e. The normalized spacial score (nSPS) is 23.6. The fourth-order valence-corrected chi connectivity index (χ4v) is 4.17. The SMILES string of the molecule is CCCCCCCC(=O)NS(=O)(=O)OC[C@H]1O[C@@H](n2cnc3c(N)ncnc32)[C@H](O)[C@@H]1O. The minimum absolute atomic E-state index is 0.0638. The van der Waals surface area contributed by atoms with Crippen molar-refractivity contribution >= 4 is 33.2 Å². The number of hydrogen-bond acceptors (Lipinski definition) is 11. The highest BCUT2D eigenvalue weighted by molar-refractivity contribution is 7.85. The van der Waals surface area contributed by atoms with Crippen molar-refractivity contribution in [3.05, 3.63) is 12.7 Å². The lowest BCUT2D eigenvalue weighted by atomic mass is 10.1. The number of carbonyl (C=O) groups excluding carboxylic acids is 1. The van der Waals surface area contributed by atoms with Gasteiger partial charge in [-0.2, -0.15) is 8.42 Å². The summed E-state index contributed by atoms with van der Waals surface area (Å²) >= 11 is 0. The molecule has 0 radical (unpaired) electrons. The van der Waals surface area contributed by atoms with Crippen LogP contribution in [-0.4, -0.2) is 69.0 Å². The van der Waals surface area contributed by atoms with E-state index in [9.17, 15) is 23.4 Å². The second kappa shape index (κ2) is 10.5. The van der Waals surface area contributed by atoms with E-state index in [2.05, 4.69) is 21.9 Å². The molecule has 1 aliphatic heterocycles. The first-order chi connectivity index (χ1) is 15.2. The molecule has 0 spiro atoms. The van der Waals surface area contributed by atoms with Crippen molar-refractivity contribution in [2.24, 2.45) is 0 Å². The Balaban J connectivity index is 1.55. The predicted molar refractivity (Wildman–Crippen MR) is 112 cm³/mol. The number of aromatic nitrogens is 4. The third kappa shape index (κ3) is 5.69. The van der Waals surface area contributed by atoms with E-state index in [0.29, 0.717) is 6.42 Å². The van der Waals surface area contributed by atoms with E-state index in [0.717, 1.165) is 25.7 Å². The van der Waals surface area contributed by atoms with E-state index in [4.69, 9.17) is 14.7 Å². The van der Waals surface area contributed by atoms with Gasteiger partial charge in [0.05, 0.1) is 12.9 Å². The Kier molecular flexibility index (Phi) is 7.95. The highest BCUT2D eigenvalue weighted by Crippen LogP contribution is 2.32. The van der Waals surface area contributed by atoms with Gasteiger partial charge in [-0.3, -0.25) is 13.5 Å². The first-order valence-corrected chi connectivity index (χ1v) is 11.8. The number of aliphatic hydroxyl groups is 2. The molecule has 4 atom stereocenters. The van der Waals surface area contributed by atoms with Crippen LogP contribution < -0.4 is 10.5 Å². The van der Waals surface area contributed by atoms with Crippen LogP contribution in [0.1, 0.15) is 51.7 Å². The maximum absolute atomic E-state index is 12.0. The molecule has 1 saturated heterocycles. The Morgan fingerprint density at radius 1 is 1.22 bits per heavy atom. The van der Waals surface area contributed by atoms with Crippen LogP contribution in [0.15, 0.2) is 12.7 Å². The highest BCUT2D eigenvalue weighted by atomic mass is 32.2. The third-order valence-electron chi connectivity index (χ3n) is 5.13. The summed E-state index contributed by atoms with van der Waals surface area (Å²) < 4.78 is 37.7. The molecule has 1 amide bonds. The first-order valence-electron chi connectivity index (χ1n) is 10.4. The number of amides is 1. The smallest absolute Gasteiger partial charge is 0.362 e. The molecule has 178 valence electrons. The molecular formula is C18H28N6O7S. The molecule has 0 aromatic carbocycles. The summed E-state index contributed by atoms with van der Waals surface area (Å²) in [6.07, 6.45) is 1.95. The van der Waals surface area contributed by atoms with Gasteiger partial charge in [0, 0.05) is 6.42 Å². The van der Waals surface area contributed by atoms with Gasteiger partial charge in [-0.25, -0.2) is 19.7 Å². The second-order valence-electron chi connectivity index (χ2n) is 7.56. The Hall–Kier alpha value is -2.39. The number of ether oxygens (including phenoxy) is 1. The number of nitrogens with one attached hydrogen (secondary N) is 1. The summed E-state index contributed by atoms with van der Waals surface area (Å²) in [6.45, 7) is 1.46. The van der Waals surface area contributed by atoms with Crippen LogP contribution in [0.25, 0.3) is 11.2 Å². The van der Waals surface area contributed by atoms with Crippen molar-refractivity contribution in [3.63, 3.8) is 0 Å². The van der Waals surface area contributed by atoms with Gasteiger partial charge in [0.2, 0.25) is 5.91 Å². The van der Waals surface area contributed by atoms with E-state index >= 15 is 0 Å². The van der Waals surface area contributed by atoms with Gasteiger partial charge in [0.15, 0.2) is 17.7 Å². The maximum Gasteiger partial charge on any atom is 0.362 e. The number of rotatable bonds is 11. The number of nitrogens with two attached hydrogens (primary N) is 1. The first kappa shape index (κ1) is 24.3. The Morgan fingerprint density at radius 2 is 1.97 bits per heavy atom. The summed E-state index contributed by atoms with van der Waals surface area (Å²) in [5.41, 5.74) is 6.31. The van der Waals surface area contributed by atoms with Gasteiger partial charge in [0.25, 0.3) is 0 Å². The molecule has 0 aliphatic carbocycles. The lowest BCUT2D eigenvalue weighted by Crippen LogP contribution is -2.37. The van der Waals surface area contributed by atoms with E-state index < -0.39 is 47.4 Å². The van der Waals surface area contributed by atoms with Gasteiger partial charge in [-0.1, -0.05) is 32.6 Å². The number of aliphatic hydroxyl groups excluding tert-OH is 2. The molecule has 0 bridgehead atoms. The summed E-state index contributed by atoms with van der Waals surface area (Å²) in [4.78, 5) is 23.8. The fourth-order valence-electron chi connectivity index (χ4n) is 3.42. The van der Waals surface area contributed by atoms with Crippen LogP contribution in [0.5, 0.6) is 0 Å². The number of nitrogen functional groups attached to an aromatic ring is 1. The summed E-state index contributed by atoms with van der Waals surface area (Å²) in [6, 6.07) is 0. The number of imidazole rings is 1. The average Bonchev–Trinajstić information content (AvgIpc) is 3.29. The number of anilines is 1. The van der Waals surface area contributed by atoms with E-state index in [1.807, 2.05) is 4.72 Å². The molecule has 32 heavy (non-hydrogen) atoms. The quantitative estimate of drug-likeness (QED) is 0.316. The number of unbranched alkanes of at least 4 members (excludes halogenated alkanes) is 4. The molecule has 5 N–H and O–H groups in total. The summed E-state index contributed by atoms with van der Waals surface area (Å²) in [7, 11) is -4.40. The molecule has 2 aromatic rings. The van der Waals surface area contributed by atoms with Crippen molar-refractivity contribution < 1.29 is 32.3 Å². The van der Waals surface area contributed by atoms with E-state index in [1.54, 1.807) is 0 Å². The van der Waals surface area contributed by atoms with Crippen molar-refractivity contribution in [2.45, 2.75) is 70.0 Å². The maximum atomic E-state index is 12.0. The predicted octanol–water partition coefficient (Wildman–Crippen LogP) is -0.234. The van der Waals surface area contributed by atoms with Gasteiger partial charge in [0.1, 0.15) is 30.2 Å². The molecule has 1 fully saturated rings. The highest BCUT2D eigenvalue weighted by Gasteiger charge is 2.45. The topological polar surface area (TPSA) is 192 Å². The van der Waals surface area contributed by atoms with Crippen LogP contribution in [0, 0.1) is 0 Å². The van der Waals surface area contributed by atoms with Crippen LogP contribution in [0.3, 0.4) is 0 Å². The zero-order valence-electron chi connectivity index (χ0n) is 17.6. The molecule has 1 aliphatic rings. The van der Waals surface area contributed by atoms with Gasteiger partial charge in [-0.15, -0.1) is 0 Å².